The van der Waals surface area contributed by atoms with Crippen molar-refractivity contribution < 1.29 is 27.6 Å². The normalized spacial score (nSPS) is 20.2. The summed E-state index contributed by atoms with van der Waals surface area (Å²) in [5.74, 6) is 0. The van der Waals surface area contributed by atoms with E-state index in [1.54, 1.807) is 30.3 Å². The second-order valence-corrected chi connectivity index (χ2v) is 4.48. The SMILES string of the molecule is O=C1OCC(c2ccccc2)N1[C@@H](C[N+](=O)[O-])C(F)(F)F. The predicted octanol–water partition coefficient (Wildman–Crippen LogP) is 2.39. The quantitative estimate of drug-likeness (QED) is 0.632. The maximum Gasteiger partial charge on any atom is 0.415 e. The highest BCUT2D eigenvalue weighted by Gasteiger charge is 2.54. The Balaban J connectivity index is 2.36. The monoisotopic (exact) mass is 304 g/mol. The number of carbonyl (C=O) groups is 1. The number of carbonyl (C=O) groups excluding carboxylic acids is 1. The van der Waals surface area contributed by atoms with Gasteiger partial charge in [0.25, 0.3) is 0 Å². The molecule has 1 fully saturated rings. The smallest absolute Gasteiger partial charge is 0.415 e. The molecule has 1 saturated heterocycles. The molecule has 0 aromatic heterocycles. The molecule has 1 aliphatic rings. The highest BCUT2D eigenvalue weighted by molar-refractivity contribution is 5.71. The zero-order chi connectivity index (χ0) is 15.6. The van der Waals surface area contributed by atoms with Crippen LogP contribution < -0.4 is 0 Å². The molecule has 114 valence electrons. The molecule has 0 bridgehead atoms. The minimum absolute atomic E-state index is 0.271. The molecule has 0 saturated carbocycles. The maximum absolute atomic E-state index is 13.0. The average molecular weight is 304 g/mol. The minimum atomic E-state index is -4.91. The van der Waals surface area contributed by atoms with E-state index in [0.717, 1.165) is 0 Å². The molecule has 1 unspecified atom stereocenters. The summed E-state index contributed by atoms with van der Waals surface area (Å²) in [6.45, 7) is -1.69. The fourth-order valence-electron chi connectivity index (χ4n) is 2.20. The van der Waals surface area contributed by atoms with E-state index in [1.165, 1.54) is 0 Å². The van der Waals surface area contributed by atoms with Crippen molar-refractivity contribution in [2.75, 3.05) is 13.2 Å². The third-order valence-corrected chi connectivity index (χ3v) is 3.13. The van der Waals surface area contributed by atoms with Gasteiger partial charge >= 0.3 is 12.3 Å². The number of amides is 1. The predicted molar refractivity (Wildman–Crippen MR) is 64.1 cm³/mol. The number of alkyl halides is 3. The maximum atomic E-state index is 13.0. The van der Waals surface area contributed by atoms with Crippen LogP contribution in [0, 0.1) is 10.1 Å². The van der Waals surface area contributed by atoms with Gasteiger partial charge < -0.3 is 4.74 Å². The number of ether oxygens (including phenoxy) is 1. The van der Waals surface area contributed by atoms with E-state index in [0.29, 0.717) is 10.5 Å². The Morgan fingerprint density at radius 2 is 2.00 bits per heavy atom. The third-order valence-electron chi connectivity index (χ3n) is 3.13. The highest BCUT2D eigenvalue weighted by atomic mass is 19.4. The molecule has 1 amide bonds. The van der Waals surface area contributed by atoms with E-state index >= 15 is 0 Å². The van der Waals surface area contributed by atoms with E-state index in [9.17, 15) is 28.1 Å². The lowest BCUT2D eigenvalue weighted by atomic mass is 10.1. The molecular formula is C12H11F3N2O4. The third kappa shape index (κ3) is 3.23. The zero-order valence-electron chi connectivity index (χ0n) is 10.6. The van der Waals surface area contributed by atoms with Crippen molar-refractivity contribution in [2.24, 2.45) is 0 Å². The van der Waals surface area contributed by atoms with Crippen LogP contribution in [-0.2, 0) is 4.74 Å². The van der Waals surface area contributed by atoms with Crippen LogP contribution in [0.4, 0.5) is 18.0 Å². The summed E-state index contributed by atoms with van der Waals surface area (Å²) in [6, 6.07) is 4.44. The van der Waals surface area contributed by atoms with Gasteiger partial charge in [0.15, 0.2) is 6.04 Å². The highest BCUT2D eigenvalue weighted by Crippen LogP contribution is 2.35. The molecule has 1 heterocycles. The second kappa shape index (κ2) is 5.58. The van der Waals surface area contributed by atoms with Gasteiger partial charge in [-0.25, -0.2) is 4.79 Å². The lowest BCUT2D eigenvalue weighted by molar-refractivity contribution is -0.495. The van der Waals surface area contributed by atoms with Gasteiger partial charge in [-0.3, -0.25) is 15.0 Å². The molecule has 0 N–H and O–H groups in total. The molecule has 6 nitrogen and oxygen atoms in total. The largest absolute Gasteiger partial charge is 0.447 e. The molecule has 1 aliphatic heterocycles. The summed E-state index contributed by atoms with van der Waals surface area (Å²) in [5.41, 5.74) is 0.431. The van der Waals surface area contributed by atoms with Crippen molar-refractivity contribution in [3.8, 4) is 0 Å². The molecule has 0 aliphatic carbocycles. The van der Waals surface area contributed by atoms with Crippen LogP contribution in [0.1, 0.15) is 11.6 Å². The molecule has 9 heteroatoms. The number of cyclic esters (lactones) is 1. The molecule has 1 aromatic rings. The Hall–Kier alpha value is -2.32. The molecule has 0 radical (unpaired) electrons. The van der Waals surface area contributed by atoms with E-state index < -0.39 is 35.8 Å². The van der Waals surface area contributed by atoms with Crippen LogP contribution in [0.5, 0.6) is 0 Å². The summed E-state index contributed by atoms with van der Waals surface area (Å²) in [5, 5.41) is 10.5. The summed E-state index contributed by atoms with van der Waals surface area (Å²) in [6.07, 6.45) is -6.11. The molecule has 2 atom stereocenters. The van der Waals surface area contributed by atoms with Crippen LogP contribution in [-0.4, -0.2) is 41.3 Å². The zero-order valence-corrected chi connectivity index (χ0v) is 10.6. The van der Waals surface area contributed by atoms with E-state index in [2.05, 4.69) is 4.74 Å². The van der Waals surface area contributed by atoms with Gasteiger partial charge in [0.1, 0.15) is 6.61 Å². The number of nitro groups is 1. The number of hydrogen-bond acceptors (Lipinski definition) is 4. The van der Waals surface area contributed by atoms with Gasteiger partial charge in [0.2, 0.25) is 6.54 Å². The van der Waals surface area contributed by atoms with E-state index in [-0.39, 0.29) is 6.61 Å². The molecule has 0 spiro atoms. The van der Waals surface area contributed by atoms with Crippen molar-refractivity contribution in [2.45, 2.75) is 18.3 Å². The van der Waals surface area contributed by atoms with Gasteiger partial charge in [-0.1, -0.05) is 30.3 Å². The molecular weight excluding hydrogens is 293 g/mol. The Kier molecular flexibility index (Phi) is 4.01. The fraction of sp³-hybridized carbons (Fsp3) is 0.417. The van der Waals surface area contributed by atoms with Crippen molar-refractivity contribution in [1.82, 2.24) is 4.90 Å². The van der Waals surface area contributed by atoms with E-state index in [1.807, 2.05) is 0 Å². The molecule has 2 rings (SSSR count). The molecule has 21 heavy (non-hydrogen) atoms. The van der Waals surface area contributed by atoms with Gasteiger partial charge in [-0.2, -0.15) is 13.2 Å². The first-order valence-electron chi connectivity index (χ1n) is 5.99. The Bertz CT molecular complexity index is 535. The Morgan fingerprint density at radius 1 is 1.38 bits per heavy atom. The summed E-state index contributed by atoms with van der Waals surface area (Å²) < 4.78 is 43.8. The van der Waals surface area contributed by atoms with Gasteiger partial charge in [0.05, 0.1) is 6.04 Å². The number of hydrogen-bond donors (Lipinski definition) is 0. The van der Waals surface area contributed by atoms with Crippen LogP contribution in [0.2, 0.25) is 0 Å². The molecule has 1 aromatic carbocycles. The summed E-state index contributed by atoms with van der Waals surface area (Å²) >= 11 is 0. The number of rotatable bonds is 4. The summed E-state index contributed by atoms with van der Waals surface area (Å²) in [4.78, 5) is 21.4. The topological polar surface area (TPSA) is 72.7 Å². The summed E-state index contributed by atoms with van der Waals surface area (Å²) in [7, 11) is 0. The van der Waals surface area contributed by atoms with Crippen LogP contribution in [0.3, 0.4) is 0 Å². The van der Waals surface area contributed by atoms with Crippen molar-refractivity contribution in [1.29, 1.82) is 0 Å². The first kappa shape index (κ1) is 15.1. The van der Waals surface area contributed by atoms with E-state index in [4.69, 9.17) is 0 Å². The van der Waals surface area contributed by atoms with Crippen molar-refractivity contribution in [3.05, 3.63) is 46.0 Å². The number of benzene rings is 1. The second-order valence-electron chi connectivity index (χ2n) is 4.48. The average Bonchev–Trinajstić information content (AvgIpc) is 2.77. The number of nitrogens with zero attached hydrogens (tertiary/aromatic N) is 2. The van der Waals surface area contributed by atoms with Crippen molar-refractivity contribution in [3.63, 3.8) is 0 Å². The number of halogens is 3. The first-order chi connectivity index (χ1) is 9.80. The van der Waals surface area contributed by atoms with Gasteiger partial charge in [-0.05, 0) is 5.56 Å². The van der Waals surface area contributed by atoms with Gasteiger partial charge in [-0.15, -0.1) is 0 Å². The van der Waals surface area contributed by atoms with Crippen molar-refractivity contribution >= 4 is 6.09 Å². The minimum Gasteiger partial charge on any atom is -0.447 e. The lowest BCUT2D eigenvalue weighted by Crippen LogP contribution is -2.51. The van der Waals surface area contributed by atoms with Crippen LogP contribution in [0.25, 0.3) is 0 Å². The van der Waals surface area contributed by atoms with Crippen LogP contribution in [0.15, 0.2) is 30.3 Å². The standard InChI is InChI=1S/C12H11F3N2O4/c13-12(14,15)10(6-16(19)20)17-9(7-21-11(17)18)8-4-2-1-3-5-8/h1-5,9-10H,6-7H2/t9?,10-/m0/s1. The van der Waals surface area contributed by atoms with Crippen LogP contribution >= 0.6 is 0 Å². The van der Waals surface area contributed by atoms with Gasteiger partial charge in [0, 0.05) is 4.92 Å². The Labute approximate surface area is 117 Å². The first-order valence-corrected chi connectivity index (χ1v) is 5.99. The fourth-order valence-corrected chi connectivity index (χ4v) is 2.20. The Morgan fingerprint density at radius 3 is 2.52 bits per heavy atom. The lowest BCUT2D eigenvalue weighted by Gasteiger charge is -2.29.